The van der Waals surface area contributed by atoms with E-state index >= 15 is 0 Å². The fourth-order valence-corrected chi connectivity index (χ4v) is 2.38. The molecule has 0 amide bonds. The Morgan fingerprint density at radius 2 is 0.879 bits per heavy atom. The Labute approximate surface area is 187 Å². The van der Waals surface area contributed by atoms with E-state index in [0.717, 1.165) is 0 Å². The standard InChI is InChI=1S/C14H13F8NO4.3C2H6/c15-11(16,3-23-27)7-1-2-8(12(17,18)4-24)10(14(21,22)6-26)9(7)13(19,20)5-25;3*1-2/h1-2,24-26H,3-6H2;3*1-2H3. The van der Waals surface area contributed by atoms with Crippen LogP contribution in [0.1, 0.15) is 63.8 Å². The number of benzene rings is 1. The van der Waals surface area contributed by atoms with Crippen molar-refractivity contribution in [2.75, 3.05) is 26.4 Å². The first kappa shape index (κ1) is 35.7. The Morgan fingerprint density at radius 1 is 0.606 bits per heavy atom. The summed E-state index contributed by atoms with van der Waals surface area (Å²) in [5.74, 6) is -18.9. The van der Waals surface area contributed by atoms with E-state index in [2.05, 4.69) is 0 Å². The third kappa shape index (κ3) is 8.78. The lowest BCUT2D eigenvalue weighted by Gasteiger charge is -2.31. The fraction of sp³-hybridized carbons (Fsp3) is 0.700. The number of nitroso groups, excluding NO2 is 1. The molecule has 0 unspecified atom stereocenters. The molecule has 0 bridgehead atoms. The Balaban J connectivity index is -0.00000138. The second-order valence-electron chi connectivity index (χ2n) is 5.49. The Bertz CT molecular complexity index is 701. The lowest BCUT2D eigenvalue weighted by atomic mass is 9.84. The Hall–Kier alpha value is -1.86. The molecule has 0 heterocycles. The van der Waals surface area contributed by atoms with E-state index in [0.29, 0.717) is 0 Å². The molecule has 3 N–H and O–H groups in total. The molecule has 33 heavy (non-hydrogen) atoms. The molecule has 0 atom stereocenters. The van der Waals surface area contributed by atoms with Crippen LogP contribution in [0.3, 0.4) is 0 Å². The van der Waals surface area contributed by atoms with Crippen molar-refractivity contribution in [3.8, 4) is 0 Å². The van der Waals surface area contributed by atoms with Crippen LogP contribution < -0.4 is 0 Å². The van der Waals surface area contributed by atoms with Gasteiger partial charge in [-0.1, -0.05) is 58.9 Å². The molecular weight excluding hydrogens is 470 g/mol. The van der Waals surface area contributed by atoms with Gasteiger partial charge in [0.05, 0.1) is 0 Å². The third-order valence-electron chi connectivity index (χ3n) is 3.58. The second kappa shape index (κ2) is 15.1. The normalized spacial score (nSPS) is 11.8. The summed E-state index contributed by atoms with van der Waals surface area (Å²) in [6.07, 6.45) is 0. The number of aliphatic hydroxyl groups is 3. The Morgan fingerprint density at radius 3 is 1.12 bits per heavy atom. The highest BCUT2D eigenvalue weighted by Gasteiger charge is 2.52. The van der Waals surface area contributed by atoms with Crippen molar-refractivity contribution in [1.82, 2.24) is 0 Å². The van der Waals surface area contributed by atoms with Crippen LogP contribution in [0.4, 0.5) is 35.1 Å². The molecule has 0 fully saturated rings. The van der Waals surface area contributed by atoms with E-state index in [4.69, 9.17) is 15.3 Å². The molecule has 1 aromatic rings. The number of alkyl halides is 8. The van der Waals surface area contributed by atoms with Crippen molar-refractivity contribution < 1.29 is 50.4 Å². The van der Waals surface area contributed by atoms with Crippen LogP contribution in [0, 0.1) is 4.91 Å². The maximum atomic E-state index is 14.1. The first-order chi connectivity index (χ1) is 15.2. The van der Waals surface area contributed by atoms with Crippen LogP contribution in [0.15, 0.2) is 17.3 Å². The number of hydrogen-bond donors (Lipinski definition) is 3. The van der Waals surface area contributed by atoms with Gasteiger partial charge >= 0.3 is 0 Å². The summed E-state index contributed by atoms with van der Waals surface area (Å²) >= 11 is 0. The van der Waals surface area contributed by atoms with Gasteiger partial charge in [0.15, 0.2) is 0 Å². The lowest BCUT2D eigenvalue weighted by Crippen LogP contribution is -2.36. The van der Waals surface area contributed by atoms with Crippen molar-refractivity contribution in [3.05, 3.63) is 39.3 Å². The zero-order valence-corrected chi connectivity index (χ0v) is 19.2. The minimum absolute atomic E-state index is 0.0554. The predicted molar refractivity (Wildman–Crippen MR) is 108 cm³/mol. The molecule has 0 radical (unpaired) electrons. The van der Waals surface area contributed by atoms with E-state index in [1.165, 1.54) is 0 Å². The molecule has 5 nitrogen and oxygen atoms in total. The van der Waals surface area contributed by atoms with Crippen molar-refractivity contribution in [2.45, 2.75) is 65.2 Å². The van der Waals surface area contributed by atoms with Gasteiger partial charge in [-0.15, -0.1) is 0 Å². The van der Waals surface area contributed by atoms with Gasteiger partial charge in [-0.2, -0.15) is 40.0 Å². The van der Waals surface area contributed by atoms with Gasteiger partial charge in [0.25, 0.3) is 23.7 Å². The summed E-state index contributed by atoms with van der Waals surface area (Å²) in [6, 6.07) is -0.111. The molecule has 0 aromatic heterocycles. The Kier molecular flexibility index (Phi) is 16.4. The van der Waals surface area contributed by atoms with Crippen molar-refractivity contribution in [1.29, 1.82) is 0 Å². The van der Waals surface area contributed by atoms with Crippen LogP contribution in [-0.4, -0.2) is 41.7 Å². The largest absolute Gasteiger partial charge is 0.390 e. The molecule has 1 rings (SSSR count). The van der Waals surface area contributed by atoms with Crippen LogP contribution in [0.25, 0.3) is 0 Å². The van der Waals surface area contributed by atoms with Crippen LogP contribution >= 0.6 is 0 Å². The van der Waals surface area contributed by atoms with Gasteiger partial charge in [-0.3, -0.25) is 0 Å². The summed E-state index contributed by atoms with van der Waals surface area (Å²) in [5, 5.41) is 28.0. The zero-order valence-electron chi connectivity index (χ0n) is 19.2. The van der Waals surface area contributed by atoms with E-state index < -0.39 is 72.3 Å². The molecule has 0 saturated heterocycles. The molecule has 0 aliphatic rings. The first-order valence-electron chi connectivity index (χ1n) is 10.0. The number of rotatable bonds is 9. The average molecular weight is 501 g/mol. The molecule has 196 valence electrons. The number of halogens is 8. The van der Waals surface area contributed by atoms with Gasteiger partial charge in [0.2, 0.25) is 0 Å². The highest BCUT2D eigenvalue weighted by atomic mass is 19.3. The predicted octanol–water partition coefficient (Wildman–Crippen LogP) is 5.88. The second-order valence-corrected chi connectivity index (χ2v) is 5.49. The van der Waals surface area contributed by atoms with Crippen LogP contribution in [0.2, 0.25) is 0 Å². The maximum Gasteiger partial charge on any atom is 0.296 e. The molecule has 0 saturated carbocycles. The zero-order chi connectivity index (χ0) is 27.3. The molecule has 0 spiro atoms. The van der Waals surface area contributed by atoms with Gasteiger partial charge in [0.1, 0.15) is 26.4 Å². The molecule has 0 aliphatic heterocycles. The van der Waals surface area contributed by atoms with Gasteiger partial charge in [-0.05, 0) is 0 Å². The summed E-state index contributed by atoms with van der Waals surface area (Å²) < 4.78 is 112. The number of aliphatic hydroxyl groups excluding tert-OH is 3. The topological polar surface area (TPSA) is 90.1 Å². The average Bonchev–Trinajstić information content (AvgIpc) is 2.81. The van der Waals surface area contributed by atoms with Crippen LogP contribution in [-0.2, 0) is 23.7 Å². The van der Waals surface area contributed by atoms with Gasteiger partial charge < -0.3 is 15.3 Å². The SMILES string of the molecule is CC.CC.CC.O=NCC(F)(F)c1ccc(C(F)(F)CO)c(C(F)(F)CO)c1C(F)(F)CO. The van der Waals surface area contributed by atoms with Gasteiger partial charge in [0, 0.05) is 22.3 Å². The molecule has 1 aromatic carbocycles. The molecule has 13 heteroatoms. The first-order valence-corrected chi connectivity index (χ1v) is 10.0. The minimum atomic E-state index is -4.89. The highest BCUT2D eigenvalue weighted by molar-refractivity contribution is 5.50. The van der Waals surface area contributed by atoms with Crippen molar-refractivity contribution in [2.24, 2.45) is 5.18 Å². The summed E-state index contributed by atoms with van der Waals surface area (Å²) in [4.78, 5) is 10.1. The van der Waals surface area contributed by atoms with Crippen molar-refractivity contribution in [3.63, 3.8) is 0 Å². The number of nitrogens with zero attached hydrogens (tertiary/aromatic N) is 1. The monoisotopic (exact) mass is 501 g/mol. The molecule has 0 aliphatic carbocycles. The minimum Gasteiger partial charge on any atom is -0.390 e. The summed E-state index contributed by atoms with van der Waals surface area (Å²) in [6.45, 7) is 3.23. The third-order valence-corrected chi connectivity index (χ3v) is 3.58. The maximum absolute atomic E-state index is 14.1. The van der Waals surface area contributed by atoms with Gasteiger partial charge in [-0.25, -0.2) is 0 Å². The van der Waals surface area contributed by atoms with E-state index in [1.54, 1.807) is 5.18 Å². The van der Waals surface area contributed by atoms with Crippen molar-refractivity contribution >= 4 is 0 Å². The molecular formula is C20H31F8NO4. The van der Waals surface area contributed by atoms with E-state index in [1.807, 2.05) is 41.5 Å². The van der Waals surface area contributed by atoms with Crippen LogP contribution in [0.5, 0.6) is 0 Å². The quantitative estimate of drug-likeness (QED) is 0.291. The smallest absolute Gasteiger partial charge is 0.296 e. The summed E-state index contributed by atoms with van der Waals surface area (Å²) in [7, 11) is 0. The highest BCUT2D eigenvalue weighted by Crippen LogP contribution is 2.49. The fourth-order valence-electron chi connectivity index (χ4n) is 2.38. The number of hydrogen-bond acceptors (Lipinski definition) is 5. The summed E-state index contributed by atoms with van der Waals surface area (Å²) in [5.41, 5.74) is -8.68. The lowest BCUT2D eigenvalue weighted by molar-refractivity contribution is -0.0939. The van der Waals surface area contributed by atoms with E-state index in [-0.39, 0.29) is 12.1 Å². The van der Waals surface area contributed by atoms with E-state index in [9.17, 15) is 40.0 Å².